The van der Waals surface area contributed by atoms with Crippen molar-refractivity contribution >= 4 is 12.1 Å². The van der Waals surface area contributed by atoms with E-state index in [1.54, 1.807) is 31.1 Å². The number of urea groups is 2. The first kappa shape index (κ1) is 28.1. The second-order valence-electron chi connectivity index (χ2n) is 11.3. The molecule has 1 heterocycles. The summed E-state index contributed by atoms with van der Waals surface area (Å²) in [4.78, 5) is 30.9. The molecule has 2 saturated carbocycles. The minimum Gasteiger partial charge on any atom is -0.493 e. The Kier molecular flexibility index (Phi) is 8.80. The topological polar surface area (TPSA) is 104 Å². The van der Waals surface area contributed by atoms with E-state index in [1.165, 1.54) is 6.42 Å². The lowest BCUT2D eigenvalue weighted by atomic mass is 9.92. The van der Waals surface area contributed by atoms with E-state index in [4.69, 9.17) is 14.2 Å². The van der Waals surface area contributed by atoms with E-state index in [9.17, 15) is 14.8 Å². The standard InChI is InChI=1S/C28H44N4O6/c1-28(2)25(32(35)26(33)29-20-12-8-6-9-13-20)31(21-14-10-7-11-15-21)27(34)30(28)18-19-16-22(36-3)24(38-5)23(17-19)37-4/h16-17,20-21,25,35H,6-15,18H2,1-5H3,(H,29,33)/t25-/m0/s1. The minimum atomic E-state index is -0.881. The Hall–Kier alpha value is -2.88. The molecule has 4 amide bonds. The van der Waals surface area contributed by atoms with Crippen molar-refractivity contribution in [1.82, 2.24) is 20.2 Å². The number of benzene rings is 1. The van der Waals surface area contributed by atoms with E-state index in [1.807, 2.05) is 26.0 Å². The highest BCUT2D eigenvalue weighted by molar-refractivity contribution is 5.81. The van der Waals surface area contributed by atoms with Gasteiger partial charge in [0.15, 0.2) is 17.7 Å². The van der Waals surface area contributed by atoms with Crippen LogP contribution in [-0.4, -0.2) is 77.3 Å². The van der Waals surface area contributed by atoms with Crippen LogP contribution in [0.3, 0.4) is 0 Å². The van der Waals surface area contributed by atoms with Crippen LogP contribution in [0, 0.1) is 0 Å². The molecule has 38 heavy (non-hydrogen) atoms. The normalized spacial score (nSPS) is 22.4. The van der Waals surface area contributed by atoms with Crippen molar-refractivity contribution in [1.29, 1.82) is 0 Å². The Morgan fingerprint density at radius 2 is 1.53 bits per heavy atom. The van der Waals surface area contributed by atoms with Crippen molar-refractivity contribution in [2.24, 2.45) is 0 Å². The lowest BCUT2D eigenvalue weighted by Crippen LogP contribution is -2.61. The second-order valence-corrected chi connectivity index (χ2v) is 11.3. The zero-order chi connectivity index (χ0) is 27.4. The Labute approximate surface area is 226 Å². The molecule has 2 aliphatic carbocycles. The molecule has 1 aromatic rings. The summed E-state index contributed by atoms with van der Waals surface area (Å²) in [5.41, 5.74) is -0.0885. The van der Waals surface area contributed by atoms with Crippen LogP contribution in [0.2, 0.25) is 0 Å². The lowest BCUT2D eigenvalue weighted by molar-refractivity contribution is -0.141. The number of amides is 4. The molecule has 0 unspecified atom stereocenters. The number of carbonyl (C=O) groups is 2. The van der Waals surface area contributed by atoms with Gasteiger partial charge >= 0.3 is 12.1 Å². The quantitative estimate of drug-likeness (QED) is 0.356. The number of hydrogen-bond donors (Lipinski definition) is 2. The first-order valence-corrected chi connectivity index (χ1v) is 13.9. The molecule has 0 bridgehead atoms. The Morgan fingerprint density at radius 3 is 2.05 bits per heavy atom. The molecule has 10 nitrogen and oxygen atoms in total. The SMILES string of the molecule is COc1cc(CN2C(=O)N(C3CCCCC3)[C@@H](N(O)C(=O)NC3CCCCC3)C2(C)C)cc(OC)c1OC. The highest BCUT2D eigenvalue weighted by Crippen LogP contribution is 2.42. The fourth-order valence-electron chi connectivity index (χ4n) is 6.38. The molecule has 1 atom stereocenters. The van der Waals surface area contributed by atoms with Crippen LogP contribution < -0.4 is 19.5 Å². The third-order valence-corrected chi connectivity index (χ3v) is 8.45. The molecule has 3 fully saturated rings. The van der Waals surface area contributed by atoms with Gasteiger partial charge in [0.05, 0.1) is 26.9 Å². The van der Waals surface area contributed by atoms with Crippen LogP contribution in [0.4, 0.5) is 9.59 Å². The predicted molar refractivity (Wildman–Crippen MR) is 143 cm³/mol. The summed E-state index contributed by atoms with van der Waals surface area (Å²) >= 11 is 0. The monoisotopic (exact) mass is 532 g/mol. The van der Waals surface area contributed by atoms with Gasteiger partial charge in [-0.3, -0.25) is 10.1 Å². The number of carbonyl (C=O) groups excluding carboxylic acids is 2. The average Bonchev–Trinajstić information content (AvgIpc) is 3.13. The number of hydroxylamine groups is 2. The zero-order valence-electron chi connectivity index (χ0n) is 23.5. The maximum Gasteiger partial charge on any atom is 0.343 e. The molecule has 10 heteroatoms. The van der Waals surface area contributed by atoms with Crippen LogP contribution in [0.1, 0.15) is 83.6 Å². The van der Waals surface area contributed by atoms with Crippen LogP contribution >= 0.6 is 0 Å². The molecule has 4 rings (SSSR count). The molecule has 2 N–H and O–H groups in total. The van der Waals surface area contributed by atoms with Crippen molar-refractivity contribution in [3.05, 3.63) is 17.7 Å². The van der Waals surface area contributed by atoms with Crippen LogP contribution in [-0.2, 0) is 6.54 Å². The van der Waals surface area contributed by atoms with Crippen molar-refractivity contribution in [2.45, 2.75) is 108 Å². The number of rotatable bonds is 8. The molecule has 0 radical (unpaired) electrons. The summed E-state index contributed by atoms with van der Waals surface area (Å²) in [6.07, 6.45) is 9.19. The third-order valence-electron chi connectivity index (χ3n) is 8.45. The van der Waals surface area contributed by atoms with Crippen LogP contribution in [0.25, 0.3) is 0 Å². The summed E-state index contributed by atoms with van der Waals surface area (Å²) < 4.78 is 16.5. The first-order chi connectivity index (χ1) is 18.2. The second kappa shape index (κ2) is 11.9. The maximum absolute atomic E-state index is 14.1. The van der Waals surface area contributed by atoms with Gasteiger partial charge in [-0.05, 0) is 57.2 Å². The summed E-state index contributed by atoms with van der Waals surface area (Å²) in [6, 6.07) is 2.93. The van der Waals surface area contributed by atoms with Crippen molar-refractivity contribution in [3.8, 4) is 17.2 Å². The number of ether oxygens (including phenoxy) is 3. The fourth-order valence-corrected chi connectivity index (χ4v) is 6.38. The van der Waals surface area contributed by atoms with Crippen molar-refractivity contribution < 1.29 is 29.0 Å². The lowest BCUT2D eigenvalue weighted by Gasteiger charge is -2.42. The summed E-state index contributed by atoms with van der Waals surface area (Å²) in [6.45, 7) is 4.07. The van der Waals surface area contributed by atoms with E-state index >= 15 is 0 Å². The van der Waals surface area contributed by atoms with Crippen molar-refractivity contribution in [3.63, 3.8) is 0 Å². The van der Waals surface area contributed by atoms with E-state index < -0.39 is 17.7 Å². The first-order valence-electron chi connectivity index (χ1n) is 13.9. The average molecular weight is 533 g/mol. The molecule has 3 aliphatic rings. The van der Waals surface area contributed by atoms with E-state index in [0.29, 0.717) is 17.2 Å². The van der Waals surface area contributed by atoms with Gasteiger partial charge in [-0.15, -0.1) is 0 Å². The van der Waals surface area contributed by atoms with Gasteiger partial charge in [-0.1, -0.05) is 38.5 Å². The molecule has 1 aromatic carbocycles. The highest BCUT2D eigenvalue weighted by Gasteiger charge is 2.57. The molecular formula is C28H44N4O6. The van der Waals surface area contributed by atoms with E-state index in [2.05, 4.69) is 5.32 Å². The molecule has 0 aromatic heterocycles. The Morgan fingerprint density at radius 1 is 0.974 bits per heavy atom. The summed E-state index contributed by atoms with van der Waals surface area (Å²) in [7, 11) is 4.66. The van der Waals surface area contributed by atoms with Gasteiger partial charge in [-0.2, -0.15) is 5.06 Å². The number of hydrogen-bond acceptors (Lipinski definition) is 6. The largest absolute Gasteiger partial charge is 0.493 e. The number of methoxy groups -OCH3 is 3. The van der Waals surface area contributed by atoms with Gasteiger partial charge < -0.3 is 24.4 Å². The molecule has 1 aliphatic heterocycles. The molecule has 0 spiro atoms. The van der Waals surface area contributed by atoms with Crippen molar-refractivity contribution in [2.75, 3.05) is 21.3 Å². The Balaban J connectivity index is 1.65. The van der Waals surface area contributed by atoms with Crippen LogP contribution in [0.15, 0.2) is 12.1 Å². The van der Waals surface area contributed by atoms with Gasteiger partial charge in [0.25, 0.3) is 0 Å². The third kappa shape index (κ3) is 5.46. The van der Waals surface area contributed by atoms with Crippen LogP contribution in [0.5, 0.6) is 17.2 Å². The van der Waals surface area contributed by atoms with E-state index in [-0.39, 0.29) is 24.7 Å². The minimum absolute atomic E-state index is 0.0393. The predicted octanol–water partition coefficient (Wildman–Crippen LogP) is 5.12. The summed E-state index contributed by atoms with van der Waals surface area (Å²) in [5.74, 6) is 1.48. The molecular weight excluding hydrogens is 488 g/mol. The maximum atomic E-state index is 14.1. The van der Waals surface area contributed by atoms with Gasteiger partial charge in [0.1, 0.15) is 0 Å². The molecule has 212 valence electrons. The molecule has 1 saturated heterocycles. The fraction of sp³-hybridized carbons (Fsp3) is 0.714. The Bertz CT molecular complexity index is 965. The smallest absolute Gasteiger partial charge is 0.343 e. The van der Waals surface area contributed by atoms with Gasteiger partial charge in [-0.25, -0.2) is 9.59 Å². The van der Waals surface area contributed by atoms with Gasteiger partial charge in [0.2, 0.25) is 5.75 Å². The van der Waals surface area contributed by atoms with Gasteiger partial charge in [0, 0.05) is 18.6 Å². The highest BCUT2D eigenvalue weighted by atomic mass is 16.5. The number of nitrogens with zero attached hydrogens (tertiary/aromatic N) is 3. The zero-order valence-corrected chi connectivity index (χ0v) is 23.5. The van der Waals surface area contributed by atoms with E-state index in [0.717, 1.165) is 68.4 Å². The summed E-state index contributed by atoms with van der Waals surface area (Å²) in [5, 5.41) is 15.1. The number of nitrogens with one attached hydrogen (secondary N) is 1.